The van der Waals surface area contributed by atoms with Gasteiger partial charge in [-0.25, -0.2) is 0 Å². The van der Waals surface area contributed by atoms with E-state index in [0.717, 1.165) is 5.56 Å². The molecule has 4 nitrogen and oxygen atoms in total. The predicted octanol–water partition coefficient (Wildman–Crippen LogP) is 1.17. The summed E-state index contributed by atoms with van der Waals surface area (Å²) < 4.78 is 0. The molecule has 1 aromatic carbocycles. The number of carbonyl (C=O) groups is 2. The maximum absolute atomic E-state index is 12.0. The van der Waals surface area contributed by atoms with E-state index in [-0.39, 0.29) is 30.3 Å². The van der Waals surface area contributed by atoms with Crippen LogP contribution in [0.3, 0.4) is 0 Å². The molecule has 0 spiro atoms. The number of nitrogens with zero attached hydrogens (tertiary/aromatic N) is 1. The second kappa shape index (κ2) is 5.21. The molecule has 18 heavy (non-hydrogen) atoms. The van der Waals surface area contributed by atoms with Crippen molar-refractivity contribution in [3.8, 4) is 0 Å². The molecule has 1 aliphatic heterocycles. The summed E-state index contributed by atoms with van der Waals surface area (Å²) in [5.41, 5.74) is 1.05. The van der Waals surface area contributed by atoms with Crippen LogP contribution in [0, 0.1) is 5.92 Å². The maximum Gasteiger partial charge on any atom is 0.243 e. The molecule has 1 heterocycles. The smallest absolute Gasteiger partial charge is 0.243 e. The van der Waals surface area contributed by atoms with E-state index in [1.807, 2.05) is 44.2 Å². The third kappa shape index (κ3) is 2.53. The fraction of sp³-hybridized carbons (Fsp3) is 0.429. The third-order valence-corrected chi connectivity index (χ3v) is 3.17. The molecule has 4 heteroatoms. The zero-order valence-electron chi connectivity index (χ0n) is 10.7. The Morgan fingerprint density at radius 1 is 1.28 bits per heavy atom. The van der Waals surface area contributed by atoms with Crippen molar-refractivity contribution in [2.24, 2.45) is 5.92 Å². The van der Waals surface area contributed by atoms with E-state index in [4.69, 9.17) is 0 Å². The lowest BCUT2D eigenvalue weighted by Crippen LogP contribution is -2.59. The molecule has 1 aliphatic rings. The number of rotatable bonds is 3. The maximum atomic E-state index is 12.0. The quantitative estimate of drug-likeness (QED) is 0.870. The zero-order chi connectivity index (χ0) is 13.1. The van der Waals surface area contributed by atoms with Crippen LogP contribution in [0.2, 0.25) is 0 Å². The van der Waals surface area contributed by atoms with Gasteiger partial charge in [0.2, 0.25) is 11.8 Å². The summed E-state index contributed by atoms with van der Waals surface area (Å²) in [7, 11) is 0. The van der Waals surface area contributed by atoms with Crippen molar-refractivity contribution in [3.05, 3.63) is 35.9 Å². The summed E-state index contributed by atoms with van der Waals surface area (Å²) >= 11 is 0. The summed E-state index contributed by atoms with van der Waals surface area (Å²) in [5.74, 6) is 0.0376. The Kier molecular flexibility index (Phi) is 3.65. The summed E-state index contributed by atoms with van der Waals surface area (Å²) in [5, 5.41) is 2.65. The second-order valence-electron chi connectivity index (χ2n) is 4.91. The average molecular weight is 246 g/mol. The van der Waals surface area contributed by atoms with Gasteiger partial charge in [-0.1, -0.05) is 44.2 Å². The monoisotopic (exact) mass is 246 g/mol. The fourth-order valence-corrected chi connectivity index (χ4v) is 2.29. The first-order valence-electron chi connectivity index (χ1n) is 6.20. The van der Waals surface area contributed by atoms with Crippen LogP contribution in [0.25, 0.3) is 0 Å². The summed E-state index contributed by atoms with van der Waals surface area (Å²) in [6.45, 7) is 4.52. The molecule has 1 aromatic rings. The molecule has 1 atom stereocenters. The summed E-state index contributed by atoms with van der Waals surface area (Å²) in [6.07, 6.45) is 0. The van der Waals surface area contributed by atoms with E-state index in [0.29, 0.717) is 6.54 Å². The number of hydrogen-bond donors (Lipinski definition) is 1. The van der Waals surface area contributed by atoms with Gasteiger partial charge in [-0.15, -0.1) is 0 Å². The molecular weight excluding hydrogens is 228 g/mol. The van der Waals surface area contributed by atoms with E-state index >= 15 is 0 Å². The predicted molar refractivity (Wildman–Crippen MR) is 68.6 cm³/mol. The largest absolute Gasteiger partial charge is 0.345 e. The van der Waals surface area contributed by atoms with Gasteiger partial charge in [-0.05, 0) is 11.5 Å². The highest BCUT2D eigenvalue weighted by Gasteiger charge is 2.36. The molecule has 0 bridgehead atoms. The normalized spacial score (nSPS) is 20.2. The number of carbonyl (C=O) groups excluding carboxylic acids is 2. The standard InChI is InChI=1S/C14H18N2O2/c1-10(2)13-14(18)15-8-12(17)16(13)9-11-6-4-3-5-7-11/h3-7,10,13H,8-9H2,1-2H3,(H,15,18)/t13-/m0/s1. The first kappa shape index (κ1) is 12.6. The molecule has 96 valence electrons. The fourth-order valence-electron chi connectivity index (χ4n) is 2.29. The van der Waals surface area contributed by atoms with E-state index in [1.54, 1.807) is 4.90 Å². The van der Waals surface area contributed by atoms with E-state index in [9.17, 15) is 9.59 Å². The summed E-state index contributed by atoms with van der Waals surface area (Å²) in [4.78, 5) is 25.5. The molecule has 0 aromatic heterocycles. The van der Waals surface area contributed by atoms with Crippen molar-refractivity contribution in [1.29, 1.82) is 0 Å². The van der Waals surface area contributed by atoms with Crippen molar-refractivity contribution >= 4 is 11.8 Å². The molecule has 1 saturated heterocycles. The Morgan fingerprint density at radius 3 is 2.56 bits per heavy atom. The van der Waals surface area contributed by atoms with Gasteiger partial charge in [0.1, 0.15) is 6.04 Å². The Morgan fingerprint density at radius 2 is 1.94 bits per heavy atom. The van der Waals surface area contributed by atoms with Gasteiger partial charge in [0.05, 0.1) is 6.54 Å². The van der Waals surface area contributed by atoms with Gasteiger partial charge < -0.3 is 10.2 Å². The Bertz CT molecular complexity index is 442. The third-order valence-electron chi connectivity index (χ3n) is 3.17. The minimum absolute atomic E-state index is 0.0165. The minimum Gasteiger partial charge on any atom is -0.345 e. The Balaban J connectivity index is 2.21. The van der Waals surface area contributed by atoms with Gasteiger partial charge in [0, 0.05) is 6.54 Å². The van der Waals surface area contributed by atoms with Crippen LogP contribution in [-0.4, -0.2) is 29.3 Å². The Hall–Kier alpha value is -1.84. The van der Waals surface area contributed by atoms with E-state index in [1.165, 1.54) is 0 Å². The van der Waals surface area contributed by atoms with Gasteiger partial charge in [0.25, 0.3) is 0 Å². The van der Waals surface area contributed by atoms with Crippen LogP contribution in [0.4, 0.5) is 0 Å². The molecular formula is C14H18N2O2. The van der Waals surface area contributed by atoms with Crippen LogP contribution >= 0.6 is 0 Å². The lowest BCUT2D eigenvalue weighted by Gasteiger charge is -2.37. The second-order valence-corrected chi connectivity index (χ2v) is 4.91. The van der Waals surface area contributed by atoms with Crippen LogP contribution in [-0.2, 0) is 16.1 Å². The van der Waals surface area contributed by atoms with Gasteiger partial charge in [0.15, 0.2) is 0 Å². The van der Waals surface area contributed by atoms with Crippen LogP contribution in [0.1, 0.15) is 19.4 Å². The van der Waals surface area contributed by atoms with Crippen molar-refractivity contribution in [2.75, 3.05) is 6.54 Å². The molecule has 1 N–H and O–H groups in total. The molecule has 0 unspecified atom stereocenters. The van der Waals surface area contributed by atoms with Crippen molar-refractivity contribution < 1.29 is 9.59 Å². The number of benzene rings is 1. The zero-order valence-corrected chi connectivity index (χ0v) is 10.7. The van der Waals surface area contributed by atoms with Crippen LogP contribution in [0.15, 0.2) is 30.3 Å². The van der Waals surface area contributed by atoms with Gasteiger partial charge in [-0.2, -0.15) is 0 Å². The first-order valence-corrected chi connectivity index (χ1v) is 6.20. The topological polar surface area (TPSA) is 49.4 Å². The molecule has 0 radical (unpaired) electrons. The molecule has 2 amide bonds. The highest BCUT2D eigenvalue weighted by molar-refractivity contribution is 5.94. The molecule has 2 rings (SSSR count). The van der Waals surface area contributed by atoms with Crippen LogP contribution < -0.4 is 5.32 Å². The Labute approximate surface area is 107 Å². The highest BCUT2D eigenvalue weighted by Crippen LogP contribution is 2.18. The number of hydrogen-bond acceptors (Lipinski definition) is 2. The number of amides is 2. The van der Waals surface area contributed by atoms with Gasteiger partial charge in [-0.3, -0.25) is 9.59 Å². The molecule has 1 fully saturated rings. The summed E-state index contributed by atoms with van der Waals surface area (Å²) in [6, 6.07) is 9.39. The highest BCUT2D eigenvalue weighted by atomic mass is 16.2. The lowest BCUT2D eigenvalue weighted by molar-refractivity contribution is -0.148. The number of piperazine rings is 1. The van der Waals surface area contributed by atoms with Crippen molar-refractivity contribution in [3.63, 3.8) is 0 Å². The van der Waals surface area contributed by atoms with Crippen molar-refractivity contribution in [1.82, 2.24) is 10.2 Å². The number of nitrogens with one attached hydrogen (secondary N) is 1. The lowest BCUT2D eigenvalue weighted by atomic mass is 9.98. The SMILES string of the molecule is CC(C)[C@H]1C(=O)NCC(=O)N1Cc1ccccc1. The molecule has 0 aliphatic carbocycles. The average Bonchev–Trinajstić information content (AvgIpc) is 2.35. The van der Waals surface area contributed by atoms with Gasteiger partial charge >= 0.3 is 0 Å². The van der Waals surface area contributed by atoms with E-state index < -0.39 is 0 Å². The first-order chi connectivity index (χ1) is 8.59. The molecule has 0 saturated carbocycles. The minimum atomic E-state index is -0.369. The van der Waals surface area contributed by atoms with Crippen LogP contribution in [0.5, 0.6) is 0 Å². The van der Waals surface area contributed by atoms with E-state index in [2.05, 4.69) is 5.32 Å². The van der Waals surface area contributed by atoms with Crippen molar-refractivity contribution in [2.45, 2.75) is 26.4 Å².